The standard InChI is InChI=1S/C10H13ClOS/c11-6-3-7-13-10-5-2-1-4-9(10)8-12/h1-2,4-5,12H,3,6-8H2. The van der Waals surface area contributed by atoms with Gasteiger partial charge in [-0.1, -0.05) is 18.2 Å². The minimum atomic E-state index is 0.115. The van der Waals surface area contributed by atoms with E-state index < -0.39 is 0 Å². The molecular weight excluding hydrogens is 204 g/mol. The van der Waals surface area contributed by atoms with Gasteiger partial charge >= 0.3 is 0 Å². The first kappa shape index (κ1) is 10.9. The molecule has 0 aliphatic rings. The summed E-state index contributed by atoms with van der Waals surface area (Å²) in [5.74, 6) is 1.72. The van der Waals surface area contributed by atoms with Gasteiger partial charge in [-0.15, -0.1) is 23.4 Å². The third kappa shape index (κ3) is 3.59. The second kappa shape index (κ2) is 6.30. The van der Waals surface area contributed by atoms with Gasteiger partial charge in [-0.3, -0.25) is 0 Å². The fourth-order valence-electron chi connectivity index (χ4n) is 1.01. The number of hydrogen-bond acceptors (Lipinski definition) is 2. The van der Waals surface area contributed by atoms with E-state index in [1.54, 1.807) is 11.8 Å². The average molecular weight is 217 g/mol. The van der Waals surface area contributed by atoms with Crippen molar-refractivity contribution in [2.24, 2.45) is 0 Å². The van der Waals surface area contributed by atoms with Crippen LogP contribution in [0, 0.1) is 0 Å². The second-order valence-electron chi connectivity index (χ2n) is 2.66. The maximum atomic E-state index is 9.04. The second-order valence-corrected chi connectivity index (χ2v) is 4.17. The van der Waals surface area contributed by atoms with Crippen molar-refractivity contribution in [2.45, 2.75) is 17.9 Å². The van der Waals surface area contributed by atoms with Gasteiger partial charge < -0.3 is 5.11 Å². The molecule has 0 fully saturated rings. The predicted molar refractivity (Wildman–Crippen MR) is 58.4 cm³/mol. The zero-order valence-electron chi connectivity index (χ0n) is 7.37. The van der Waals surface area contributed by atoms with Crippen molar-refractivity contribution >= 4 is 23.4 Å². The zero-order valence-corrected chi connectivity index (χ0v) is 8.94. The van der Waals surface area contributed by atoms with Crippen LogP contribution in [0.2, 0.25) is 0 Å². The predicted octanol–water partition coefficient (Wildman–Crippen LogP) is 2.90. The van der Waals surface area contributed by atoms with Crippen molar-refractivity contribution in [3.8, 4) is 0 Å². The number of rotatable bonds is 5. The number of thioether (sulfide) groups is 1. The third-order valence-corrected chi connectivity index (χ3v) is 3.15. The minimum absolute atomic E-state index is 0.115. The Bertz CT molecular complexity index is 252. The molecular formula is C10H13ClOS. The molecule has 0 aliphatic carbocycles. The molecule has 0 heterocycles. The van der Waals surface area contributed by atoms with Crippen LogP contribution in [-0.2, 0) is 6.61 Å². The molecule has 3 heteroatoms. The van der Waals surface area contributed by atoms with E-state index in [0.717, 1.165) is 22.6 Å². The maximum absolute atomic E-state index is 9.04. The van der Waals surface area contributed by atoms with E-state index in [2.05, 4.69) is 0 Å². The Morgan fingerprint density at radius 2 is 2.08 bits per heavy atom. The number of hydrogen-bond donors (Lipinski definition) is 1. The fraction of sp³-hybridized carbons (Fsp3) is 0.400. The molecule has 72 valence electrons. The first-order valence-corrected chi connectivity index (χ1v) is 5.78. The van der Waals surface area contributed by atoms with E-state index in [9.17, 15) is 0 Å². The third-order valence-electron chi connectivity index (χ3n) is 1.68. The van der Waals surface area contributed by atoms with Crippen molar-refractivity contribution in [3.05, 3.63) is 29.8 Å². The number of aliphatic hydroxyl groups excluding tert-OH is 1. The highest BCUT2D eigenvalue weighted by molar-refractivity contribution is 7.99. The van der Waals surface area contributed by atoms with Crippen LogP contribution in [0.1, 0.15) is 12.0 Å². The highest BCUT2D eigenvalue weighted by Gasteiger charge is 1.99. The number of aliphatic hydroxyl groups is 1. The van der Waals surface area contributed by atoms with Gasteiger partial charge in [-0.2, -0.15) is 0 Å². The fourth-order valence-corrected chi connectivity index (χ4v) is 2.31. The van der Waals surface area contributed by atoms with Gasteiger partial charge in [0.2, 0.25) is 0 Å². The first-order valence-electron chi connectivity index (χ1n) is 4.26. The molecule has 0 spiro atoms. The van der Waals surface area contributed by atoms with E-state index in [0.29, 0.717) is 5.88 Å². The Kier molecular flexibility index (Phi) is 5.28. The van der Waals surface area contributed by atoms with Crippen molar-refractivity contribution in [3.63, 3.8) is 0 Å². The van der Waals surface area contributed by atoms with Crippen molar-refractivity contribution in [2.75, 3.05) is 11.6 Å². The quantitative estimate of drug-likeness (QED) is 0.464. The van der Waals surface area contributed by atoms with Crippen LogP contribution in [0.15, 0.2) is 29.2 Å². The molecule has 0 saturated carbocycles. The Hall–Kier alpha value is -0.180. The Labute approximate surface area is 88.1 Å². The summed E-state index contributed by atoms with van der Waals surface area (Å²) in [6.45, 7) is 0.115. The topological polar surface area (TPSA) is 20.2 Å². The largest absolute Gasteiger partial charge is 0.392 e. The lowest BCUT2D eigenvalue weighted by Crippen LogP contribution is -1.88. The van der Waals surface area contributed by atoms with Crippen LogP contribution >= 0.6 is 23.4 Å². The maximum Gasteiger partial charge on any atom is 0.0692 e. The summed E-state index contributed by atoms with van der Waals surface area (Å²) >= 11 is 7.33. The molecule has 0 aliphatic heterocycles. The zero-order chi connectivity index (χ0) is 9.52. The van der Waals surface area contributed by atoms with Gasteiger partial charge in [0.25, 0.3) is 0 Å². The molecule has 0 amide bonds. The summed E-state index contributed by atoms with van der Waals surface area (Å²) in [7, 11) is 0. The van der Waals surface area contributed by atoms with E-state index >= 15 is 0 Å². The van der Waals surface area contributed by atoms with E-state index in [1.807, 2.05) is 24.3 Å². The summed E-state index contributed by atoms with van der Waals surface area (Å²) < 4.78 is 0. The molecule has 1 nitrogen and oxygen atoms in total. The molecule has 0 radical (unpaired) electrons. The van der Waals surface area contributed by atoms with Crippen molar-refractivity contribution in [1.82, 2.24) is 0 Å². The molecule has 1 rings (SSSR count). The van der Waals surface area contributed by atoms with E-state index in [-0.39, 0.29) is 6.61 Å². The SMILES string of the molecule is OCc1ccccc1SCCCCl. The smallest absolute Gasteiger partial charge is 0.0692 e. The first-order chi connectivity index (χ1) is 6.38. The Morgan fingerprint density at radius 1 is 1.31 bits per heavy atom. The summed E-state index contributed by atoms with van der Waals surface area (Å²) in [6, 6.07) is 7.91. The van der Waals surface area contributed by atoms with Crippen LogP contribution in [0.25, 0.3) is 0 Å². The Balaban J connectivity index is 2.54. The summed E-state index contributed by atoms with van der Waals surface area (Å²) in [5, 5.41) is 9.04. The van der Waals surface area contributed by atoms with Gasteiger partial charge in [-0.25, -0.2) is 0 Å². The number of halogens is 1. The highest BCUT2D eigenvalue weighted by Crippen LogP contribution is 2.23. The summed E-state index contributed by atoms with van der Waals surface area (Å²) in [4.78, 5) is 1.16. The van der Waals surface area contributed by atoms with Crippen LogP contribution in [0.4, 0.5) is 0 Å². The van der Waals surface area contributed by atoms with Gasteiger partial charge in [0.15, 0.2) is 0 Å². The van der Waals surface area contributed by atoms with Crippen molar-refractivity contribution in [1.29, 1.82) is 0 Å². The lowest BCUT2D eigenvalue weighted by molar-refractivity contribution is 0.279. The number of benzene rings is 1. The summed E-state index contributed by atoms with van der Waals surface area (Å²) in [6.07, 6.45) is 1.01. The lowest BCUT2D eigenvalue weighted by atomic mass is 10.2. The van der Waals surface area contributed by atoms with Crippen LogP contribution in [-0.4, -0.2) is 16.7 Å². The molecule has 0 bridgehead atoms. The monoisotopic (exact) mass is 216 g/mol. The van der Waals surface area contributed by atoms with Crippen LogP contribution in [0.3, 0.4) is 0 Å². The van der Waals surface area contributed by atoms with Gasteiger partial charge in [0, 0.05) is 10.8 Å². The van der Waals surface area contributed by atoms with E-state index in [1.165, 1.54) is 0 Å². The van der Waals surface area contributed by atoms with Gasteiger partial charge in [-0.05, 0) is 23.8 Å². The molecule has 0 saturated heterocycles. The molecule has 0 atom stereocenters. The van der Waals surface area contributed by atoms with Crippen molar-refractivity contribution < 1.29 is 5.11 Å². The highest BCUT2D eigenvalue weighted by atomic mass is 35.5. The molecule has 13 heavy (non-hydrogen) atoms. The molecule has 1 aromatic rings. The molecule has 0 aromatic heterocycles. The van der Waals surface area contributed by atoms with Gasteiger partial charge in [0.05, 0.1) is 6.61 Å². The molecule has 1 aromatic carbocycles. The molecule has 1 N–H and O–H groups in total. The normalized spacial score (nSPS) is 10.3. The Morgan fingerprint density at radius 3 is 2.77 bits per heavy atom. The summed E-state index contributed by atoms with van der Waals surface area (Å²) in [5.41, 5.74) is 1.00. The number of alkyl halides is 1. The lowest BCUT2D eigenvalue weighted by Gasteiger charge is -2.05. The minimum Gasteiger partial charge on any atom is -0.392 e. The molecule has 0 unspecified atom stereocenters. The van der Waals surface area contributed by atoms with Crippen LogP contribution < -0.4 is 0 Å². The average Bonchev–Trinajstić information content (AvgIpc) is 2.19. The van der Waals surface area contributed by atoms with Crippen LogP contribution in [0.5, 0.6) is 0 Å². The van der Waals surface area contributed by atoms with E-state index in [4.69, 9.17) is 16.7 Å². The van der Waals surface area contributed by atoms with Gasteiger partial charge in [0.1, 0.15) is 0 Å².